The summed E-state index contributed by atoms with van der Waals surface area (Å²) in [6.07, 6.45) is 3.78. The van der Waals surface area contributed by atoms with Crippen molar-refractivity contribution >= 4 is 23.4 Å². The van der Waals surface area contributed by atoms with Gasteiger partial charge in [0.25, 0.3) is 0 Å². The minimum atomic E-state index is -1.05. The van der Waals surface area contributed by atoms with Gasteiger partial charge in [-0.1, -0.05) is 6.92 Å². The minimum absolute atomic E-state index is 0.0852. The lowest BCUT2D eigenvalue weighted by molar-refractivity contribution is -0.146. The van der Waals surface area contributed by atoms with E-state index < -0.39 is 29.1 Å². The first kappa shape index (κ1) is 30.7. The van der Waals surface area contributed by atoms with Crippen LogP contribution in [-0.4, -0.2) is 109 Å². The number of aliphatic hydroxyl groups excluding tert-OH is 1. The number of amides is 3. The highest BCUT2D eigenvalue weighted by atomic mass is 16.5. The molecule has 0 aliphatic carbocycles. The number of carbonyl (C=O) groups excluding carboxylic acids is 3. The van der Waals surface area contributed by atoms with E-state index in [2.05, 4.69) is 15.5 Å². The number of unbranched alkanes of at least 4 members (excludes halogenated alkanes) is 2. The Morgan fingerprint density at radius 3 is 2.50 bits per heavy atom. The first-order valence-electron chi connectivity index (χ1n) is 15.6. The second kappa shape index (κ2) is 13.3. The molecule has 4 saturated heterocycles. The van der Waals surface area contributed by atoms with Crippen LogP contribution in [0, 0.1) is 11.8 Å². The number of hydrogen-bond acceptors (Lipinski definition) is 8. The largest absolute Gasteiger partial charge is 0.494 e. The fourth-order valence-electron chi connectivity index (χ4n) is 7.51. The number of nitrogens with zero attached hydrogens (tertiary/aromatic N) is 2. The van der Waals surface area contributed by atoms with E-state index in [0.717, 1.165) is 19.5 Å². The predicted octanol–water partition coefficient (Wildman–Crippen LogP) is 1.79. The average molecular weight is 587 g/mol. The van der Waals surface area contributed by atoms with Crippen LogP contribution in [-0.2, 0) is 23.9 Å². The SMILES string of the molecule is CCOc1ccc(NC(=O)[C@H]2[C@H]3C(=O)N(CCCCCO)C(C(=O)NCCN4CCOCC4)C34CC[C@]2(CC)O4)cc1. The van der Waals surface area contributed by atoms with E-state index in [1.807, 2.05) is 13.8 Å². The number of likely N-dealkylation sites (tertiary alicyclic amines) is 1. The van der Waals surface area contributed by atoms with Crippen LogP contribution in [0.3, 0.4) is 0 Å². The predicted molar refractivity (Wildman–Crippen MR) is 156 cm³/mol. The van der Waals surface area contributed by atoms with Crippen LogP contribution in [0.5, 0.6) is 5.75 Å². The second-order valence-electron chi connectivity index (χ2n) is 11.8. The zero-order valence-corrected chi connectivity index (χ0v) is 24.9. The topological polar surface area (TPSA) is 130 Å². The molecule has 5 atom stereocenters. The Morgan fingerprint density at radius 2 is 1.81 bits per heavy atom. The van der Waals surface area contributed by atoms with Gasteiger partial charge in [0.1, 0.15) is 17.4 Å². The molecule has 11 nitrogen and oxygen atoms in total. The van der Waals surface area contributed by atoms with E-state index in [0.29, 0.717) is 83.0 Å². The maximum atomic E-state index is 14.2. The van der Waals surface area contributed by atoms with Crippen LogP contribution in [0.15, 0.2) is 24.3 Å². The second-order valence-corrected chi connectivity index (χ2v) is 11.8. The average Bonchev–Trinajstić information content (AvgIpc) is 3.60. The number of anilines is 1. The molecular weight excluding hydrogens is 540 g/mol. The van der Waals surface area contributed by atoms with Gasteiger partial charge in [0.15, 0.2) is 0 Å². The van der Waals surface area contributed by atoms with Gasteiger partial charge in [-0.25, -0.2) is 0 Å². The van der Waals surface area contributed by atoms with Crippen LogP contribution >= 0.6 is 0 Å². The molecule has 42 heavy (non-hydrogen) atoms. The Bertz CT molecular complexity index is 1110. The quantitative estimate of drug-likeness (QED) is 0.282. The highest BCUT2D eigenvalue weighted by molar-refractivity contribution is 6.02. The summed E-state index contributed by atoms with van der Waals surface area (Å²) in [6.45, 7) is 9.11. The number of fused-ring (bicyclic) bond motifs is 1. The van der Waals surface area contributed by atoms with Crippen LogP contribution in [0.1, 0.15) is 52.4 Å². The van der Waals surface area contributed by atoms with Crippen LogP contribution in [0.25, 0.3) is 0 Å². The number of benzene rings is 1. The smallest absolute Gasteiger partial charge is 0.245 e. The van der Waals surface area contributed by atoms with Crippen molar-refractivity contribution in [3.05, 3.63) is 24.3 Å². The van der Waals surface area contributed by atoms with Gasteiger partial charge in [0.2, 0.25) is 17.7 Å². The molecule has 3 N–H and O–H groups in total. The van der Waals surface area contributed by atoms with Gasteiger partial charge >= 0.3 is 0 Å². The summed E-state index contributed by atoms with van der Waals surface area (Å²) in [5, 5.41) is 15.4. The van der Waals surface area contributed by atoms with Crippen molar-refractivity contribution in [1.29, 1.82) is 0 Å². The summed E-state index contributed by atoms with van der Waals surface area (Å²) in [5.74, 6) is -1.39. The summed E-state index contributed by atoms with van der Waals surface area (Å²) < 4.78 is 17.8. The van der Waals surface area contributed by atoms with Gasteiger partial charge in [0.05, 0.1) is 37.3 Å². The third-order valence-corrected chi connectivity index (χ3v) is 9.53. The molecule has 0 aromatic heterocycles. The summed E-state index contributed by atoms with van der Waals surface area (Å²) in [6, 6.07) is 6.39. The van der Waals surface area contributed by atoms with Crippen LogP contribution in [0.2, 0.25) is 0 Å². The maximum Gasteiger partial charge on any atom is 0.245 e. The Labute approximate surface area is 248 Å². The fraction of sp³-hybridized carbons (Fsp3) is 0.710. The zero-order valence-electron chi connectivity index (χ0n) is 24.9. The van der Waals surface area contributed by atoms with Crippen LogP contribution in [0.4, 0.5) is 5.69 Å². The molecule has 5 rings (SSSR count). The van der Waals surface area contributed by atoms with E-state index in [9.17, 15) is 19.5 Å². The summed E-state index contributed by atoms with van der Waals surface area (Å²) in [7, 11) is 0. The van der Waals surface area contributed by atoms with Crippen LogP contribution < -0.4 is 15.4 Å². The minimum Gasteiger partial charge on any atom is -0.494 e. The number of nitrogens with one attached hydrogen (secondary N) is 2. The number of morpholine rings is 1. The monoisotopic (exact) mass is 586 g/mol. The first-order valence-corrected chi connectivity index (χ1v) is 15.6. The lowest BCUT2D eigenvalue weighted by atomic mass is 9.65. The number of aliphatic hydroxyl groups is 1. The van der Waals surface area contributed by atoms with Crippen molar-refractivity contribution in [2.75, 3.05) is 64.5 Å². The third kappa shape index (κ3) is 5.76. The number of carbonyl (C=O) groups is 3. The van der Waals surface area contributed by atoms with Gasteiger partial charge in [0, 0.05) is 45.0 Å². The van der Waals surface area contributed by atoms with E-state index >= 15 is 0 Å². The molecule has 2 bridgehead atoms. The molecule has 2 unspecified atom stereocenters. The molecular formula is C31H46N4O7. The molecule has 3 amide bonds. The Hall–Kier alpha value is -2.73. The first-order chi connectivity index (χ1) is 20.4. The molecule has 4 aliphatic rings. The van der Waals surface area contributed by atoms with Crippen molar-refractivity contribution < 1.29 is 33.7 Å². The summed E-state index contributed by atoms with van der Waals surface area (Å²) >= 11 is 0. The van der Waals surface area contributed by atoms with E-state index in [-0.39, 0.29) is 24.3 Å². The molecule has 232 valence electrons. The van der Waals surface area contributed by atoms with Crippen molar-refractivity contribution in [3.63, 3.8) is 0 Å². The molecule has 11 heteroatoms. The lowest BCUT2D eigenvalue weighted by Gasteiger charge is -2.34. The van der Waals surface area contributed by atoms with E-state index in [1.165, 1.54) is 0 Å². The van der Waals surface area contributed by atoms with E-state index in [1.54, 1.807) is 29.2 Å². The van der Waals surface area contributed by atoms with Gasteiger partial charge < -0.3 is 34.9 Å². The van der Waals surface area contributed by atoms with Crippen molar-refractivity contribution in [1.82, 2.24) is 15.1 Å². The lowest BCUT2D eigenvalue weighted by Crippen LogP contribution is -2.56. The highest BCUT2D eigenvalue weighted by Gasteiger charge is 2.78. The molecule has 4 heterocycles. The fourth-order valence-corrected chi connectivity index (χ4v) is 7.51. The number of rotatable bonds is 14. The molecule has 1 spiro atoms. The molecule has 0 saturated carbocycles. The standard InChI is InChI=1S/C31H46N4O7/c1-3-30-12-13-31(42-30)25(24(30)27(37)33-22-8-10-23(11-9-22)41-4-2)29(39)35(15-6-5-7-19-36)26(31)28(38)32-14-16-34-17-20-40-21-18-34/h8-11,24-26,36H,3-7,12-21H2,1-2H3,(H,32,38)(H,33,37)/t24-,25+,26?,30+,31?/m1/s1. The van der Waals surface area contributed by atoms with Crippen molar-refractivity contribution in [2.45, 2.75) is 69.6 Å². The molecule has 4 fully saturated rings. The Balaban J connectivity index is 1.37. The van der Waals surface area contributed by atoms with Gasteiger partial charge in [-0.3, -0.25) is 19.3 Å². The van der Waals surface area contributed by atoms with Crippen molar-refractivity contribution in [3.8, 4) is 5.75 Å². The highest BCUT2D eigenvalue weighted by Crippen LogP contribution is 2.64. The number of ether oxygens (including phenoxy) is 3. The molecule has 0 radical (unpaired) electrons. The summed E-state index contributed by atoms with van der Waals surface area (Å²) in [4.78, 5) is 46.0. The molecule has 1 aromatic rings. The normalized spacial score (nSPS) is 30.4. The van der Waals surface area contributed by atoms with E-state index in [4.69, 9.17) is 14.2 Å². The molecule has 1 aromatic carbocycles. The Kier molecular flexibility index (Phi) is 9.71. The van der Waals surface area contributed by atoms with Gasteiger partial charge in [-0.15, -0.1) is 0 Å². The zero-order chi connectivity index (χ0) is 29.7. The van der Waals surface area contributed by atoms with Gasteiger partial charge in [-0.05, 0) is 69.7 Å². The van der Waals surface area contributed by atoms with Gasteiger partial charge in [-0.2, -0.15) is 0 Å². The maximum absolute atomic E-state index is 14.2. The van der Waals surface area contributed by atoms with Crippen molar-refractivity contribution in [2.24, 2.45) is 11.8 Å². The summed E-state index contributed by atoms with van der Waals surface area (Å²) in [5.41, 5.74) is -1.23. The third-order valence-electron chi connectivity index (χ3n) is 9.53. The molecule has 4 aliphatic heterocycles. The Morgan fingerprint density at radius 1 is 1.05 bits per heavy atom. The number of hydrogen-bond donors (Lipinski definition) is 3.